The van der Waals surface area contributed by atoms with Gasteiger partial charge in [0.2, 0.25) is 5.91 Å². The molecule has 0 aliphatic carbocycles. The smallest absolute Gasteiger partial charge is 0.267 e. The van der Waals surface area contributed by atoms with E-state index in [0.717, 1.165) is 4.90 Å². The standard InChI is InChI=1S/C21H19N3O5/c1-12-19(26)24(16-5-3-4-6-17(16)29-12)10-9-18(25)22-13-7-8-14-15(11-13)21(28)23(2)20(14)27/h3-8,11-12H,9-10H2,1-2H3,(H,22,25). The fraction of sp³-hybridized carbons (Fsp3) is 0.238. The first-order valence-electron chi connectivity index (χ1n) is 9.20. The molecule has 1 atom stereocenters. The minimum absolute atomic E-state index is 0.0661. The lowest BCUT2D eigenvalue weighted by Crippen LogP contribution is -2.45. The maximum atomic E-state index is 12.5. The molecule has 1 unspecified atom stereocenters. The zero-order chi connectivity index (χ0) is 20.7. The average molecular weight is 393 g/mol. The van der Waals surface area contributed by atoms with Crippen LogP contribution in [0.3, 0.4) is 0 Å². The van der Waals surface area contributed by atoms with Gasteiger partial charge in [-0.05, 0) is 37.3 Å². The summed E-state index contributed by atoms with van der Waals surface area (Å²) in [6.07, 6.45) is -0.554. The number of amides is 4. The van der Waals surface area contributed by atoms with E-state index in [2.05, 4.69) is 5.32 Å². The van der Waals surface area contributed by atoms with Crippen LogP contribution in [0.5, 0.6) is 5.75 Å². The Labute approximate surface area is 167 Å². The number of nitrogens with zero attached hydrogens (tertiary/aromatic N) is 2. The molecule has 4 amide bonds. The highest BCUT2D eigenvalue weighted by Gasteiger charge is 2.33. The van der Waals surface area contributed by atoms with E-state index in [-0.39, 0.29) is 36.3 Å². The normalized spacial score (nSPS) is 17.7. The second kappa shape index (κ2) is 7.05. The van der Waals surface area contributed by atoms with E-state index in [1.165, 1.54) is 19.2 Å². The molecule has 0 spiro atoms. The Morgan fingerprint density at radius 2 is 1.79 bits per heavy atom. The number of rotatable bonds is 4. The van der Waals surface area contributed by atoms with Gasteiger partial charge < -0.3 is 15.0 Å². The third-order valence-corrected chi connectivity index (χ3v) is 5.01. The molecule has 8 heteroatoms. The molecule has 2 aromatic carbocycles. The molecule has 29 heavy (non-hydrogen) atoms. The van der Waals surface area contributed by atoms with E-state index in [4.69, 9.17) is 4.74 Å². The van der Waals surface area contributed by atoms with Crippen molar-refractivity contribution in [2.75, 3.05) is 23.8 Å². The number of hydrogen-bond acceptors (Lipinski definition) is 5. The van der Waals surface area contributed by atoms with Crippen molar-refractivity contribution < 1.29 is 23.9 Å². The van der Waals surface area contributed by atoms with Gasteiger partial charge in [-0.3, -0.25) is 24.1 Å². The number of carbonyl (C=O) groups is 4. The molecule has 0 aromatic heterocycles. The quantitative estimate of drug-likeness (QED) is 0.802. The number of carbonyl (C=O) groups excluding carboxylic acids is 4. The molecule has 0 bridgehead atoms. The lowest BCUT2D eigenvalue weighted by molar-refractivity contribution is -0.125. The van der Waals surface area contributed by atoms with Gasteiger partial charge in [0.05, 0.1) is 16.8 Å². The predicted molar refractivity (Wildman–Crippen MR) is 105 cm³/mol. The number of benzene rings is 2. The van der Waals surface area contributed by atoms with Crippen molar-refractivity contribution in [2.24, 2.45) is 0 Å². The number of ether oxygens (including phenoxy) is 1. The van der Waals surface area contributed by atoms with E-state index in [1.54, 1.807) is 36.1 Å². The van der Waals surface area contributed by atoms with Crippen LogP contribution in [0.2, 0.25) is 0 Å². The van der Waals surface area contributed by atoms with Gasteiger partial charge in [0, 0.05) is 25.7 Å². The Bertz CT molecular complexity index is 1050. The van der Waals surface area contributed by atoms with Crippen LogP contribution in [0.1, 0.15) is 34.1 Å². The Morgan fingerprint density at radius 1 is 1.07 bits per heavy atom. The summed E-state index contributed by atoms with van der Waals surface area (Å²) in [4.78, 5) is 51.5. The number of anilines is 2. The van der Waals surface area contributed by atoms with Crippen molar-refractivity contribution in [2.45, 2.75) is 19.4 Å². The lowest BCUT2D eigenvalue weighted by Gasteiger charge is -2.32. The van der Waals surface area contributed by atoms with E-state index in [9.17, 15) is 19.2 Å². The maximum Gasteiger partial charge on any atom is 0.267 e. The van der Waals surface area contributed by atoms with Crippen molar-refractivity contribution in [1.29, 1.82) is 0 Å². The second-order valence-electron chi connectivity index (χ2n) is 6.95. The lowest BCUT2D eigenvalue weighted by atomic mass is 10.1. The largest absolute Gasteiger partial charge is 0.479 e. The molecular formula is C21H19N3O5. The maximum absolute atomic E-state index is 12.5. The highest BCUT2D eigenvalue weighted by Crippen LogP contribution is 2.33. The highest BCUT2D eigenvalue weighted by molar-refractivity contribution is 6.21. The van der Waals surface area contributed by atoms with Crippen molar-refractivity contribution >= 4 is 35.0 Å². The number of hydrogen-bond donors (Lipinski definition) is 1. The van der Waals surface area contributed by atoms with Gasteiger partial charge >= 0.3 is 0 Å². The Hall–Kier alpha value is -3.68. The van der Waals surface area contributed by atoms with Crippen LogP contribution in [-0.2, 0) is 9.59 Å². The SMILES string of the molecule is CC1Oc2ccccc2N(CCC(=O)Nc2ccc3c(c2)C(=O)N(C)C3=O)C1=O. The molecule has 2 heterocycles. The summed E-state index contributed by atoms with van der Waals surface area (Å²) in [6.45, 7) is 1.87. The summed E-state index contributed by atoms with van der Waals surface area (Å²) in [5.41, 5.74) is 1.64. The average Bonchev–Trinajstić information content (AvgIpc) is 2.92. The van der Waals surface area contributed by atoms with Gasteiger partial charge in [-0.2, -0.15) is 0 Å². The van der Waals surface area contributed by atoms with Crippen LogP contribution in [0.25, 0.3) is 0 Å². The first-order chi connectivity index (χ1) is 13.9. The number of para-hydroxylation sites is 2. The molecule has 0 saturated carbocycles. The van der Waals surface area contributed by atoms with Gasteiger partial charge in [0.1, 0.15) is 5.75 Å². The summed E-state index contributed by atoms with van der Waals surface area (Å²) in [5.74, 6) is -0.668. The van der Waals surface area contributed by atoms with Crippen molar-refractivity contribution in [1.82, 2.24) is 4.90 Å². The number of nitrogens with one attached hydrogen (secondary N) is 1. The molecule has 2 aliphatic rings. The van der Waals surface area contributed by atoms with Crippen molar-refractivity contribution in [3.8, 4) is 5.75 Å². The molecule has 0 radical (unpaired) electrons. The van der Waals surface area contributed by atoms with Gasteiger partial charge in [0.15, 0.2) is 6.10 Å². The Kier molecular flexibility index (Phi) is 4.54. The minimum atomic E-state index is -0.620. The molecule has 2 aromatic rings. The van der Waals surface area contributed by atoms with E-state index in [1.807, 2.05) is 6.07 Å². The van der Waals surface area contributed by atoms with Crippen LogP contribution >= 0.6 is 0 Å². The zero-order valence-electron chi connectivity index (χ0n) is 16.0. The molecule has 2 aliphatic heterocycles. The topological polar surface area (TPSA) is 96.0 Å². The van der Waals surface area contributed by atoms with Crippen LogP contribution in [-0.4, -0.2) is 48.2 Å². The summed E-state index contributed by atoms with van der Waals surface area (Å²) in [5, 5.41) is 2.72. The second-order valence-corrected chi connectivity index (χ2v) is 6.95. The molecule has 1 N–H and O–H groups in total. The number of fused-ring (bicyclic) bond motifs is 2. The van der Waals surface area contributed by atoms with Crippen LogP contribution in [0.15, 0.2) is 42.5 Å². The van der Waals surface area contributed by atoms with Crippen molar-refractivity contribution in [3.63, 3.8) is 0 Å². The Morgan fingerprint density at radius 3 is 2.59 bits per heavy atom. The molecule has 0 saturated heterocycles. The minimum Gasteiger partial charge on any atom is -0.479 e. The third kappa shape index (κ3) is 3.22. The zero-order valence-corrected chi connectivity index (χ0v) is 16.0. The van der Waals surface area contributed by atoms with Crippen LogP contribution < -0.4 is 15.0 Å². The number of imide groups is 1. The van der Waals surface area contributed by atoms with Crippen molar-refractivity contribution in [3.05, 3.63) is 53.6 Å². The third-order valence-electron chi connectivity index (χ3n) is 5.01. The first-order valence-corrected chi connectivity index (χ1v) is 9.20. The molecule has 4 rings (SSSR count). The Balaban J connectivity index is 1.45. The highest BCUT2D eigenvalue weighted by atomic mass is 16.5. The predicted octanol–water partition coefficient (Wildman–Crippen LogP) is 2.06. The van der Waals surface area contributed by atoms with E-state index in [0.29, 0.717) is 22.7 Å². The van der Waals surface area contributed by atoms with Gasteiger partial charge in [-0.25, -0.2) is 0 Å². The van der Waals surface area contributed by atoms with E-state index < -0.39 is 12.0 Å². The summed E-state index contributed by atoms with van der Waals surface area (Å²) in [7, 11) is 1.42. The van der Waals surface area contributed by atoms with E-state index >= 15 is 0 Å². The monoisotopic (exact) mass is 393 g/mol. The summed E-state index contributed by atoms with van der Waals surface area (Å²) < 4.78 is 5.59. The van der Waals surface area contributed by atoms with Gasteiger partial charge in [-0.1, -0.05) is 12.1 Å². The van der Waals surface area contributed by atoms with Gasteiger partial charge in [0.25, 0.3) is 17.7 Å². The molecule has 8 nitrogen and oxygen atoms in total. The molecule has 0 fully saturated rings. The van der Waals surface area contributed by atoms with Gasteiger partial charge in [-0.15, -0.1) is 0 Å². The van der Waals surface area contributed by atoms with Crippen LogP contribution in [0, 0.1) is 0 Å². The molecule has 148 valence electrons. The fourth-order valence-electron chi connectivity index (χ4n) is 3.47. The van der Waals surface area contributed by atoms with Crippen LogP contribution in [0.4, 0.5) is 11.4 Å². The fourth-order valence-corrected chi connectivity index (χ4v) is 3.47. The first kappa shape index (κ1) is 18.7. The molecular weight excluding hydrogens is 374 g/mol. The summed E-state index contributed by atoms with van der Waals surface area (Å²) in [6, 6.07) is 11.8. The summed E-state index contributed by atoms with van der Waals surface area (Å²) >= 11 is 0.